The summed E-state index contributed by atoms with van der Waals surface area (Å²) in [5, 5.41) is 5.04. The topological polar surface area (TPSA) is 146 Å². The molecular formula is C30H44N2O9. The Hall–Kier alpha value is -3.63. The number of hydrogen-bond donors (Lipinski definition) is 2. The van der Waals surface area contributed by atoms with E-state index in [4.69, 9.17) is 18.9 Å². The molecule has 2 rings (SSSR count). The molecule has 1 fully saturated rings. The van der Waals surface area contributed by atoms with Gasteiger partial charge in [0.25, 0.3) is 5.91 Å². The quantitative estimate of drug-likeness (QED) is 0.154. The van der Waals surface area contributed by atoms with E-state index in [2.05, 4.69) is 17.6 Å². The molecule has 1 aliphatic heterocycles. The van der Waals surface area contributed by atoms with E-state index in [0.29, 0.717) is 19.3 Å². The molecule has 11 nitrogen and oxygen atoms in total. The van der Waals surface area contributed by atoms with Gasteiger partial charge in [0.15, 0.2) is 17.9 Å². The lowest BCUT2D eigenvalue weighted by Gasteiger charge is -2.30. The third-order valence-electron chi connectivity index (χ3n) is 7.45. The molecule has 0 saturated carbocycles. The van der Waals surface area contributed by atoms with Crippen LogP contribution in [0.4, 0.5) is 5.69 Å². The van der Waals surface area contributed by atoms with Crippen LogP contribution >= 0.6 is 0 Å². The normalized spacial score (nSPS) is 23.7. The Morgan fingerprint density at radius 2 is 1.71 bits per heavy atom. The average molecular weight is 577 g/mol. The van der Waals surface area contributed by atoms with Crippen molar-refractivity contribution >= 4 is 35.9 Å². The van der Waals surface area contributed by atoms with Crippen LogP contribution in [0.25, 0.3) is 0 Å². The van der Waals surface area contributed by atoms with Crippen LogP contribution in [0.5, 0.6) is 5.75 Å². The summed E-state index contributed by atoms with van der Waals surface area (Å²) in [5.74, 6) is -3.90. The monoisotopic (exact) mass is 576 g/mol. The van der Waals surface area contributed by atoms with Crippen LogP contribution in [0.1, 0.15) is 84.0 Å². The fraction of sp³-hybridized carbons (Fsp3) is 0.633. The fourth-order valence-electron chi connectivity index (χ4n) is 4.59. The van der Waals surface area contributed by atoms with Crippen LogP contribution < -0.4 is 15.4 Å². The molecule has 41 heavy (non-hydrogen) atoms. The molecule has 0 aliphatic carbocycles. The van der Waals surface area contributed by atoms with Crippen molar-refractivity contribution in [3.05, 3.63) is 23.8 Å². The molecule has 1 aromatic rings. The summed E-state index contributed by atoms with van der Waals surface area (Å²) in [4.78, 5) is 64.1. The van der Waals surface area contributed by atoms with Crippen molar-refractivity contribution in [2.75, 3.05) is 12.4 Å². The summed E-state index contributed by atoms with van der Waals surface area (Å²) in [5.41, 5.74) is 0.299. The SMILES string of the molecule is CCCCCC[C@H]1C(=O)O[C@H](C)[C@H](NC(=O)c2cccc(NC=O)c2OC)C(=O)O[C@@H](C)[C@@H]1OC(=O)C(C)C(C)C. The minimum absolute atomic E-state index is 0.00323. The third-order valence-corrected chi connectivity index (χ3v) is 7.45. The molecule has 228 valence electrons. The smallest absolute Gasteiger partial charge is 0.332 e. The highest BCUT2D eigenvalue weighted by molar-refractivity contribution is 6.01. The van der Waals surface area contributed by atoms with Crippen LogP contribution in [0.2, 0.25) is 0 Å². The molecule has 1 unspecified atom stereocenters. The number of ether oxygens (including phenoxy) is 4. The molecule has 6 atom stereocenters. The Morgan fingerprint density at radius 1 is 1.02 bits per heavy atom. The number of esters is 3. The number of anilines is 1. The Labute approximate surface area is 242 Å². The minimum atomic E-state index is -1.37. The third kappa shape index (κ3) is 8.93. The van der Waals surface area contributed by atoms with E-state index in [-0.39, 0.29) is 22.9 Å². The molecule has 1 aromatic carbocycles. The zero-order valence-electron chi connectivity index (χ0n) is 25.1. The number of carbonyl (C=O) groups excluding carboxylic acids is 5. The van der Waals surface area contributed by atoms with Crippen molar-refractivity contribution in [1.82, 2.24) is 5.32 Å². The van der Waals surface area contributed by atoms with E-state index >= 15 is 0 Å². The Morgan fingerprint density at radius 3 is 2.32 bits per heavy atom. The van der Waals surface area contributed by atoms with Crippen LogP contribution in [0, 0.1) is 17.8 Å². The average Bonchev–Trinajstić information content (AvgIpc) is 2.95. The molecule has 11 heteroatoms. The van der Waals surface area contributed by atoms with E-state index in [9.17, 15) is 24.0 Å². The zero-order chi connectivity index (χ0) is 30.7. The number of rotatable bonds is 13. The van der Waals surface area contributed by atoms with Crippen LogP contribution in [0.15, 0.2) is 18.2 Å². The summed E-state index contributed by atoms with van der Waals surface area (Å²) in [6.45, 7) is 10.7. The van der Waals surface area contributed by atoms with Gasteiger partial charge in [0.1, 0.15) is 12.2 Å². The van der Waals surface area contributed by atoms with Gasteiger partial charge in [0.2, 0.25) is 6.41 Å². The van der Waals surface area contributed by atoms with E-state index < -0.39 is 60.0 Å². The highest BCUT2D eigenvalue weighted by Gasteiger charge is 2.44. The second-order valence-electron chi connectivity index (χ2n) is 10.8. The number of hydrogen-bond acceptors (Lipinski definition) is 9. The maximum absolute atomic E-state index is 13.5. The number of carbonyl (C=O) groups is 5. The highest BCUT2D eigenvalue weighted by Crippen LogP contribution is 2.30. The van der Waals surface area contributed by atoms with Crippen molar-refractivity contribution < 1.29 is 42.9 Å². The molecule has 1 heterocycles. The predicted octanol–water partition coefficient (Wildman–Crippen LogP) is 4.03. The number of para-hydroxylation sites is 1. The summed E-state index contributed by atoms with van der Waals surface area (Å²) >= 11 is 0. The molecule has 1 aliphatic rings. The standard InChI is InChI=1S/C30H44N2O9/c1-8-9-10-11-13-22-25(41-28(35)18(4)17(2)3)20(6)40-30(37)24(19(5)39-29(22)36)32-27(34)21-14-12-15-23(31-16-33)26(21)38-7/h12,14-20,22,24-25H,8-11,13H2,1-7H3,(H,31,33)(H,32,34)/t18?,19-,20+,22-,24+,25+/m1/s1. The van der Waals surface area contributed by atoms with Gasteiger partial charge in [-0.3, -0.25) is 19.2 Å². The first-order valence-corrected chi connectivity index (χ1v) is 14.3. The van der Waals surface area contributed by atoms with Gasteiger partial charge in [-0.15, -0.1) is 0 Å². The lowest BCUT2D eigenvalue weighted by Crippen LogP contribution is -2.50. The van der Waals surface area contributed by atoms with Gasteiger partial charge in [-0.1, -0.05) is 59.4 Å². The summed E-state index contributed by atoms with van der Waals surface area (Å²) in [6.07, 6.45) is 1.24. The van der Waals surface area contributed by atoms with E-state index in [0.717, 1.165) is 19.3 Å². The minimum Gasteiger partial charge on any atom is -0.494 e. The van der Waals surface area contributed by atoms with E-state index in [1.54, 1.807) is 19.9 Å². The number of methoxy groups -OCH3 is 1. The summed E-state index contributed by atoms with van der Waals surface area (Å²) < 4.78 is 22.6. The second kappa shape index (κ2) is 16.0. The Balaban J connectivity index is 2.39. The van der Waals surface area contributed by atoms with Gasteiger partial charge in [0.05, 0.1) is 30.2 Å². The lowest BCUT2D eigenvalue weighted by atomic mass is 9.91. The molecule has 0 bridgehead atoms. The van der Waals surface area contributed by atoms with Crippen LogP contribution in [-0.2, 0) is 33.4 Å². The first kappa shape index (κ1) is 33.6. The summed E-state index contributed by atoms with van der Waals surface area (Å²) in [6, 6.07) is 3.18. The number of cyclic esters (lactones) is 2. The Bertz CT molecular complexity index is 1070. The number of amides is 2. The fourth-order valence-corrected chi connectivity index (χ4v) is 4.59. The molecule has 0 aromatic heterocycles. The van der Waals surface area contributed by atoms with Crippen molar-refractivity contribution in [2.24, 2.45) is 17.8 Å². The molecule has 0 spiro atoms. The maximum Gasteiger partial charge on any atom is 0.332 e. The van der Waals surface area contributed by atoms with E-state index in [1.165, 1.54) is 26.2 Å². The van der Waals surface area contributed by atoms with Crippen molar-refractivity contribution in [3.63, 3.8) is 0 Å². The molecule has 1 saturated heterocycles. The molecule has 2 N–H and O–H groups in total. The zero-order valence-corrected chi connectivity index (χ0v) is 25.1. The van der Waals surface area contributed by atoms with Crippen LogP contribution in [-0.4, -0.2) is 61.7 Å². The van der Waals surface area contributed by atoms with Gasteiger partial charge in [-0.05, 0) is 38.3 Å². The van der Waals surface area contributed by atoms with Gasteiger partial charge < -0.3 is 29.6 Å². The summed E-state index contributed by atoms with van der Waals surface area (Å²) in [7, 11) is 1.34. The molecule has 2 amide bonds. The number of unbranched alkanes of at least 4 members (excludes halogenated alkanes) is 3. The molecule has 0 radical (unpaired) electrons. The highest BCUT2D eigenvalue weighted by atomic mass is 16.6. The first-order valence-electron chi connectivity index (χ1n) is 14.3. The Kier molecular flexibility index (Phi) is 13.1. The van der Waals surface area contributed by atoms with Gasteiger partial charge in [-0.2, -0.15) is 0 Å². The van der Waals surface area contributed by atoms with Gasteiger partial charge >= 0.3 is 17.9 Å². The first-order chi connectivity index (χ1) is 19.5. The maximum atomic E-state index is 13.5. The van der Waals surface area contributed by atoms with Crippen molar-refractivity contribution in [3.8, 4) is 5.75 Å². The van der Waals surface area contributed by atoms with E-state index in [1.807, 2.05) is 13.8 Å². The van der Waals surface area contributed by atoms with Crippen molar-refractivity contribution in [2.45, 2.75) is 98.0 Å². The lowest BCUT2D eigenvalue weighted by molar-refractivity contribution is -0.178. The van der Waals surface area contributed by atoms with Crippen molar-refractivity contribution in [1.29, 1.82) is 0 Å². The predicted molar refractivity (Wildman–Crippen MR) is 151 cm³/mol. The van der Waals surface area contributed by atoms with Crippen LogP contribution in [0.3, 0.4) is 0 Å². The molecular weight excluding hydrogens is 532 g/mol. The second-order valence-corrected chi connectivity index (χ2v) is 10.8. The van der Waals surface area contributed by atoms with Gasteiger partial charge in [0, 0.05) is 0 Å². The number of nitrogens with one attached hydrogen (secondary N) is 2. The largest absolute Gasteiger partial charge is 0.494 e. The van der Waals surface area contributed by atoms with Gasteiger partial charge in [-0.25, -0.2) is 4.79 Å². The number of benzene rings is 1.